The summed E-state index contributed by atoms with van der Waals surface area (Å²) >= 11 is 43.3. The van der Waals surface area contributed by atoms with Gasteiger partial charge >= 0.3 is 27.9 Å². The summed E-state index contributed by atoms with van der Waals surface area (Å²) in [5, 5.41) is 0. The van der Waals surface area contributed by atoms with Crippen molar-refractivity contribution in [3.8, 4) is 0 Å². The summed E-state index contributed by atoms with van der Waals surface area (Å²) in [6.45, 7) is 27.0. The van der Waals surface area contributed by atoms with Gasteiger partial charge in [-0.15, -0.1) is 0 Å². The van der Waals surface area contributed by atoms with Crippen LogP contribution in [0.1, 0.15) is 128 Å². The summed E-state index contributed by atoms with van der Waals surface area (Å²) in [6.07, 6.45) is 0. The third-order valence-electron chi connectivity index (χ3n) is 9.42. The summed E-state index contributed by atoms with van der Waals surface area (Å²) in [6, 6.07) is 40.6. The molecule has 0 atom stereocenters. The molecule has 0 fully saturated rings. The SMILES string of the molecule is CC(C)(C)c1ccc(C(C)(C)C)c(N=C(c2ccccc2)c2cccc(C(=Nc3cc(C(C)(C)C)ccc3C(C)(C)C)c3ccccc3)n2)c1.ClC(Cl)Cl.ClC(Cl)Cl.ClC(Cl)Cl.O=S(=O)([O-])C(F)(F)F.[Ag+]. The zero-order valence-corrected chi connectivity index (χ0v) is 50.1. The molecular formula is C51H58AgCl9F3N3O3S. The third kappa shape index (κ3) is 26.2. The van der Waals surface area contributed by atoms with Crippen molar-refractivity contribution < 1.29 is 48.5 Å². The minimum atomic E-state index is -6.09. The fraction of sp³-hybridized carbons (Fsp3) is 0.392. The van der Waals surface area contributed by atoms with E-state index in [-0.39, 0.29) is 44.0 Å². The first-order valence-corrected chi connectivity index (χ1v) is 26.5. The second-order valence-corrected chi connectivity index (χ2v) is 26.5. The molecule has 4 aromatic carbocycles. The van der Waals surface area contributed by atoms with Crippen LogP contribution in [0, 0.1) is 0 Å². The Hall–Kier alpha value is -1.58. The second-order valence-electron chi connectivity index (χ2n) is 19.2. The normalized spacial score (nSPS) is 12.6. The van der Waals surface area contributed by atoms with Gasteiger partial charge in [0, 0.05) is 11.1 Å². The number of hydrogen-bond donors (Lipinski definition) is 0. The second kappa shape index (κ2) is 30.2. The fourth-order valence-electron chi connectivity index (χ4n) is 6.12. The van der Waals surface area contributed by atoms with Crippen LogP contribution in [-0.2, 0) is 54.2 Å². The molecule has 71 heavy (non-hydrogen) atoms. The van der Waals surface area contributed by atoms with Gasteiger partial charge in [-0.2, -0.15) is 13.2 Å². The van der Waals surface area contributed by atoms with Crippen LogP contribution in [0.25, 0.3) is 0 Å². The molecule has 396 valence electrons. The van der Waals surface area contributed by atoms with E-state index >= 15 is 0 Å². The van der Waals surface area contributed by atoms with Gasteiger partial charge < -0.3 is 4.55 Å². The van der Waals surface area contributed by atoms with Crippen LogP contribution >= 0.6 is 104 Å². The van der Waals surface area contributed by atoms with E-state index in [9.17, 15) is 13.2 Å². The quantitative estimate of drug-likeness (QED) is 0.0556. The Bertz CT molecular complexity index is 2410. The fourth-order valence-corrected chi connectivity index (χ4v) is 6.12. The average Bonchev–Trinajstić information content (AvgIpc) is 3.20. The van der Waals surface area contributed by atoms with Crippen LogP contribution in [0.4, 0.5) is 24.5 Å². The van der Waals surface area contributed by atoms with Gasteiger partial charge in [-0.1, -0.05) is 278 Å². The minimum Gasteiger partial charge on any atom is -0.741 e. The van der Waals surface area contributed by atoms with Gasteiger partial charge in [0.15, 0.2) is 23.0 Å². The summed E-state index contributed by atoms with van der Waals surface area (Å²) in [7, 11) is -6.09. The molecule has 20 heteroatoms. The number of aromatic nitrogens is 1. The maximum absolute atomic E-state index is 10.7. The Kier molecular flexibility index (Phi) is 29.6. The zero-order valence-electron chi connectivity index (χ0n) is 41.0. The van der Waals surface area contributed by atoms with E-state index in [4.69, 9.17) is 132 Å². The number of rotatable bonds is 6. The number of aliphatic imine (C=N–C) groups is 2. The van der Waals surface area contributed by atoms with Gasteiger partial charge in [0.25, 0.3) is 0 Å². The molecule has 1 aromatic heterocycles. The maximum Gasteiger partial charge on any atom is 1.00 e. The van der Waals surface area contributed by atoms with E-state index in [1.807, 2.05) is 12.1 Å². The Morgan fingerprint density at radius 2 is 0.746 bits per heavy atom. The third-order valence-corrected chi connectivity index (χ3v) is 9.99. The van der Waals surface area contributed by atoms with Crippen LogP contribution in [0.15, 0.2) is 125 Å². The molecule has 0 amide bonds. The number of benzene rings is 4. The van der Waals surface area contributed by atoms with Crippen molar-refractivity contribution >= 4 is 137 Å². The first-order valence-electron chi connectivity index (χ1n) is 21.1. The van der Waals surface area contributed by atoms with Gasteiger partial charge in [0.1, 0.15) is 0 Å². The van der Waals surface area contributed by atoms with Crippen LogP contribution in [0.2, 0.25) is 0 Å². The van der Waals surface area contributed by atoms with E-state index < -0.39 is 28.5 Å². The van der Waals surface area contributed by atoms with E-state index in [1.54, 1.807) is 0 Å². The molecular weight excluding hydrogens is 1220 g/mol. The molecule has 0 aliphatic rings. The molecule has 1 heterocycles. The Balaban J connectivity index is 0.00000197. The van der Waals surface area contributed by atoms with Crippen molar-refractivity contribution in [2.24, 2.45) is 9.98 Å². The average molecular weight is 1280 g/mol. The summed E-state index contributed by atoms with van der Waals surface area (Å²) in [5.41, 5.74) is 6.32. The van der Waals surface area contributed by atoms with Crippen LogP contribution in [0.5, 0.6) is 0 Å². The molecule has 5 aromatic rings. The van der Waals surface area contributed by atoms with Crippen molar-refractivity contribution in [1.82, 2.24) is 4.98 Å². The summed E-state index contributed by atoms with van der Waals surface area (Å²) in [5.74, 6) is 0. The molecule has 6 nitrogen and oxygen atoms in total. The van der Waals surface area contributed by atoms with Gasteiger partial charge in [-0.25, -0.2) is 23.4 Å². The first-order chi connectivity index (χ1) is 31.8. The van der Waals surface area contributed by atoms with Gasteiger partial charge in [0.05, 0.1) is 34.2 Å². The van der Waals surface area contributed by atoms with Crippen molar-refractivity contribution in [3.05, 3.63) is 160 Å². The molecule has 0 saturated heterocycles. The molecule has 5 rings (SSSR count). The first kappa shape index (κ1) is 69.4. The van der Waals surface area contributed by atoms with Crippen LogP contribution < -0.4 is 0 Å². The van der Waals surface area contributed by atoms with Crippen molar-refractivity contribution in [1.29, 1.82) is 0 Å². The molecule has 0 radical (unpaired) electrons. The number of alkyl halides is 12. The van der Waals surface area contributed by atoms with Crippen LogP contribution in [0.3, 0.4) is 0 Å². The molecule has 0 aliphatic carbocycles. The number of halogens is 12. The van der Waals surface area contributed by atoms with Crippen molar-refractivity contribution in [2.45, 2.75) is 123 Å². The van der Waals surface area contributed by atoms with Gasteiger partial charge in [0.2, 0.25) is 0 Å². The minimum absolute atomic E-state index is 0. The van der Waals surface area contributed by atoms with Crippen molar-refractivity contribution in [2.75, 3.05) is 0 Å². The molecule has 0 saturated carbocycles. The van der Waals surface area contributed by atoms with Crippen LogP contribution in [-0.4, -0.2) is 47.8 Å². The van der Waals surface area contributed by atoms with E-state index in [1.165, 1.54) is 22.3 Å². The van der Waals surface area contributed by atoms with E-state index in [2.05, 4.69) is 186 Å². The number of pyridine rings is 1. The number of nitrogens with zero attached hydrogens (tertiary/aromatic N) is 3. The Morgan fingerprint density at radius 3 is 0.972 bits per heavy atom. The monoisotopic (exact) mass is 1270 g/mol. The molecule has 0 aliphatic heterocycles. The van der Waals surface area contributed by atoms with Crippen molar-refractivity contribution in [3.63, 3.8) is 0 Å². The largest absolute Gasteiger partial charge is 1.00 e. The van der Waals surface area contributed by atoms with Gasteiger partial charge in [-0.05, 0) is 68.2 Å². The topological polar surface area (TPSA) is 94.8 Å². The Labute approximate surface area is 479 Å². The molecule has 0 spiro atoms. The summed E-state index contributed by atoms with van der Waals surface area (Å²) in [4.78, 5) is 16.4. The standard InChI is InChI=1S/C47H55N3.3CHCl3.CHF3O3S.Ag/c1-44(2,3)34-26-28-36(46(7,8)9)40(30-34)49-42(32-20-15-13-16-21-32)38-24-19-25-39(48-38)43(33-22-17-14-18-23-33)50-41-31-35(45(4,5)6)27-29-37(41)47(10,11)12;3*2-1(3)4;2-1(3,4)8(5,6)7;/h13-31H,1-12H3;3*1H;(H,5,6,7);/q;;;;;+1/p-1. The predicted octanol–water partition coefficient (Wildman–Crippen LogP) is 18.6. The van der Waals surface area contributed by atoms with E-state index in [0.29, 0.717) is 0 Å². The molecule has 0 unspecified atom stereocenters. The predicted molar refractivity (Wildman–Crippen MR) is 295 cm³/mol. The van der Waals surface area contributed by atoms with E-state index in [0.717, 1.165) is 45.3 Å². The Morgan fingerprint density at radius 1 is 0.479 bits per heavy atom. The molecule has 0 bridgehead atoms. The molecule has 0 N–H and O–H groups in total. The smallest absolute Gasteiger partial charge is 0.741 e. The summed E-state index contributed by atoms with van der Waals surface area (Å²) < 4.78 is 56.7. The zero-order chi connectivity index (χ0) is 54.2. The number of hydrogen-bond acceptors (Lipinski definition) is 6. The van der Waals surface area contributed by atoms with Gasteiger partial charge in [-0.3, -0.25) is 0 Å². The maximum atomic E-state index is 10.7.